The molecule has 108 valence electrons. The average molecular weight is 337 g/mol. The van der Waals surface area contributed by atoms with Crippen molar-refractivity contribution in [3.05, 3.63) is 33.8 Å². The minimum Gasteiger partial charge on any atom is -0.334 e. The van der Waals surface area contributed by atoms with E-state index in [-0.39, 0.29) is 5.91 Å². The Labute approximate surface area is 128 Å². The number of amides is 1. The van der Waals surface area contributed by atoms with E-state index in [9.17, 15) is 4.79 Å². The second-order valence-electron chi connectivity index (χ2n) is 5.87. The zero-order valence-corrected chi connectivity index (χ0v) is 13.4. The van der Waals surface area contributed by atoms with Crippen LogP contribution in [0.25, 0.3) is 0 Å². The second-order valence-corrected chi connectivity index (χ2v) is 6.73. The van der Waals surface area contributed by atoms with Gasteiger partial charge in [-0.25, -0.2) is 0 Å². The van der Waals surface area contributed by atoms with Crippen LogP contribution in [0.15, 0.2) is 22.7 Å². The van der Waals surface area contributed by atoms with E-state index < -0.39 is 0 Å². The number of hydrogen-bond acceptors (Lipinski definition) is 2. The number of carbonyl (C=O) groups is 1. The third-order valence-electron chi connectivity index (χ3n) is 4.54. The number of likely N-dealkylation sites (tertiary alicyclic amines) is 1. The summed E-state index contributed by atoms with van der Waals surface area (Å²) in [5, 5.41) is 3.55. The summed E-state index contributed by atoms with van der Waals surface area (Å²) in [6.07, 6.45) is 4.70. The highest BCUT2D eigenvalue weighted by Crippen LogP contribution is 2.27. The minimum absolute atomic E-state index is 0.182. The van der Waals surface area contributed by atoms with E-state index in [0.29, 0.717) is 12.1 Å². The van der Waals surface area contributed by atoms with Crippen molar-refractivity contribution in [2.24, 2.45) is 0 Å². The van der Waals surface area contributed by atoms with Crippen molar-refractivity contribution in [1.82, 2.24) is 10.2 Å². The number of carbonyl (C=O) groups excluding carboxylic acids is 1. The second kappa shape index (κ2) is 5.86. The molecule has 0 aliphatic carbocycles. The standard InChI is InChI=1S/C16H21BrN2O/c1-11-6-7-12(10-13(11)17)16(20)19-9-3-5-15(19)14-4-2-8-18-14/h6-7,10,14-15,18H,2-5,8-9H2,1H3. The molecule has 0 saturated carbocycles. The monoisotopic (exact) mass is 336 g/mol. The lowest BCUT2D eigenvalue weighted by atomic mass is 10.0. The molecule has 2 heterocycles. The number of nitrogens with one attached hydrogen (secondary N) is 1. The molecule has 0 aromatic heterocycles. The minimum atomic E-state index is 0.182. The van der Waals surface area contributed by atoms with Gasteiger partial charge in [0, 0.05) is 28.7 Å². The number of hydrogen-bond donors (Lipinski definition) is 1. The van der Waals surface area contributed by atoms with Crippen molar-refractivity contribution in [1.29, 1.82) is 0 Å². The van der Waals surface area contributed by atoms with Gasteiger partial charge >= 0.3 is 0 Å². The first-order valence-electron chi connectivity index (χ1n) is 7.47. The molecule has 1 amide bonds. The summed E-state index contributed by atoms with van der Waals surface area (Å²) < 4.78 is 1.01. The van der Waals surface area contributed by atoms with Gasteiger partial charge in [0.05, 0.1) is 0 Å². The molecule has 1 aromatic carbocycles. The Morgan fingerprint density at radius 1 is 1.35 bits per heavy atom. The highest BCUT2D eigenvalue weighted by atomic mass is 79.9. The molecule has 2 aliphatic rings. The Balaban J connectivity index is 1.79. The molecular formula is C16H21BrN2O. The van der Waals surface area contributed by atoms with E-state index in [0.717, 1.165) is 41.5 Å². The predicted molar refractivity (Wildman–Crippen MR) is 84.0 cm³/mol. The van der Waals surface area contributed by atoms with Crippen molar-refractivity contribution < 1.29 is 4.79 Å². The molecule has 0 spiro atoms. The van der Waals surface area contributed by atoms with Crippen molar-refractivity contribution in [3.63, 3.8) is 0 Å². The maximum absolute atomic E-state index is 12.8. The highest BCUT2D eigenvalue weighted by Gasteiger charge is 2.36. The van der Waals surface area contributed by atoms with Crippen molar-refractivity contribution in [3.8, 4) is 0 Å². The van der Waals surface area contributed by atoms with Crippen LogP contribution >= 0.6 is 15.9 Å². The number of rotatable bonds is 2. The number of halogens is 1. The van der Waals surface area contributed by atoms with Gasteiger partial charge in [0.2, 0.25) is 0 Å². The average Bonchev–Trinajstić information content (AvgIpc) is 3.10. The summed E-state index contributed by atoms with van der Waals surface area (Å²) in [5.74, 6) is 0.182. The molecular weight excluding hydrogens is 316 g/mol. The molecule has 2 atom stereocenters. The Morgan fingerprint density at radius 3 is 2.90 bits per heavy atom. The van der Waals surface area contributed by atoms with Crippen LogP contribution in [-0.4, -0.2) is 36.0 Å². The summed E-state index contributed by atoms with van der Waals surface area (Å²) in [6, 6.07) is 6.78. The fraction of sp³-hybridized carbons (Fsp3) is 0.562. The van der Waals surface area contributed by atoms with Gasteiger partial charge < -0.3 is 10.2 Å². The van der Waals surface area contributed by atoms with Gasteiger partial charge in [-0.2, -0.15) is 0 Å². The predicted octanol–water partition coefficient (Wildman–Crippen LogP) is 3.11. The fourth-order valence-electron chi connectivity index (χ4n) is 3.39. The summed E-state index contributed by atoms with van der Waals surface area (Å²) in [7, 11) is 0. The topological polar surface area (TPSA) is 32.3 Å². The van der Waals surface area contributed by atoms with Crippen LogP contribution in [0.2, 0.25) is 0 Å². The van der Waals surface area contributed by atoms with Gasteiger partial charge in [-0.3, -0.25) is 4.79 Å². The van der Waals surface area contributed by atoms with Crippen LogP contribution in [0.1, 0.15) is 41.6 Å². The Morgan fingerprint density at radius 2 is 2.20 bits per heavy atom. The molecule has 0 radical (unpaired) electrons. The summed E-state index contributed by atoms with van der Waals surface area (Å²) >= 11 is 3.52. The normalized spacial score (nSPS) is 26.2. The Bertz CT molecular complexity index is 511. The molecule has 1 aromatic rings. The van der Waals surface area contributed by atoms with Gasteiger partial charge in [0.15, 0.2) is 0 Å². The van der Waals surface area contributed by atoms with Crippen LogP contribution in [0.5, 0.6) is 0 Å². The quantitative estimate of drug-likeness (QED) is 0.899. The third kappa shape index (κ3) is 2.63. The van der Waals surface area contributed by atoms with E-state index in [2.05, 4.69) is 26.1 Å². The van der Waals surface area contributed by atoms with E-state index in [4.69, 9.17) is 0 Å². The number of benzene rings is 1. The SMILES string of the molecule is Cc1ccc(C(=O)N2CCCC2C2CCCN2)cc1Br. The van der Waals surface area contributed by atoms with E-state index >= 15 is 0 Å². The first-order chi connectivity index (χ1) is 9.66. The van der Waals surface area contributed by atoms with Crippen LogP contribution in [0.3, 0.4) is 0 Å². The van der Waals surface area contributed by atoms with Crippen molar-refractivity contribution in [2.75, 3.05) is 13.1 Å². The zero-order chi connectivity index (χ0) is 14.1. The third-order valence-corrected chi connectivity index (χ3v) is 5.40. The van der Waals surface area contributed by atoms with E-state index in [1.54, 1.807) is 0 Å². The van der Waals surface area contributed by atoms with E-state index in [1.165, 1.54) is 12.8 Å². The van der Waals surface area contributed by atoms with Crippen LogP contribution in [0, 0.1) is 6.92 Å². The smallest absolute Gasteiger partial charge is 0.254 e. The molecule has 4 heteroatoms. The first kappa shape index (κ1) is 14.1. The van der Waals surface area contributed by atoms with Gasteiger partial charge in [0.25, 0.3) is 5.91 Å². The van der Waals surface area contributed by atoms with E-state index in [1.807, 2.05) is 25.1 Å². The van der Waals surface area contributed by atoms with Crippen LogP contribution in [-0.2, 0) is 0 Å². The van der Waals surface area contributed by atoms with Crippen molar-refractivity contribution in [2.45, 2.75) is 44.7 Å². The summed E-state index contributed by atoms with van der Waals surface area (Å²) in [6.45, 7) is 4.03. The largest absolute Gasteiger partial charge is 0.334 e. The molecule has 3 rings (SSSR count). The van der Waals surface area contributed by atoms with Crippen LogP contribution in [0.4, 0.5) is 0 Å². The molecule has 1 N–H and O–H groups in total. The van der Waals surface area contributed by atoms with Crippen LogP contribution < -0.4 is 5.32 Å². The lowest BCUT2D eigenvalue weighted by Crippen LogP contribution is -2.46. The lowest BCUT2D eigenvalue weighted by Gasteiger charge is -2.29. The zero-order valence-electron chi connectivity index (χ0n) is 11.9. The Hall–Kier alpha value is -0.870. The maximum Gasteiger partial charge on any atom is 0.254 e. The molecule has 3 nitrogen and oxygen atoms in total. The molecule has 2 unspecified atom stereocenters. The number of aryl methyl sites for hydroxylation is 1. The van der Waals surface area contributed by atoms with Gasteiger partial charge in [-0.1, -0.05) is 22.0 Å². The Kier molecular flexibility index (Phi) is 4.13. The first-order valence-corrected chi connectivity index (χ1v) is 8.26. The molecule has 2 saturated heterocycles. The van der Waals surface area contributed by atoms with Gasteiger partial charge in [-0.05, 0) is 56.8 Å². The molecule has 0 bridgehead atoms. The highest BCUT2D eigenvalue weighted by molar-refractivity contribution is 9.10. The fourth-order valence-corrected chi connectivity index (χ4v) is 3.77. The number of nitrogens with zero attached hydrogens (tertiary/aromatic N) is 1. The molecule has 2 aliphatic heterocycles. The summed E-state index contributed by atoms with van der Waals surface area (Å²) in [4.78, 5) is 14.8. The van der Waals surface area contributed by atoms with Gasteiger partial charge in [-0.15, -0.1) is 0 Å². The lowest BCUT2D eigenvalue weighted by molar-refractivity contribution is 0.0711. The van der Waals surface area contributed by atoms with Crippen molar-refractivity contribution >= 4 is 21.8 Å². The van der Waals surface area contributed by atoms with Gasteiger partial charge in [0.1, 0.15) is 0 Å². The molecule has 20 heavy (non-hydrogen) atoms. The maximum atomic E-state index is 12.8. The molecule has 2 fully saturated rings. The summed E-state index contributed by atoms with van der Waals surface area (Å²) in [5.41, 5.74) is 1.96.